The first-order valence-electron chi connectivity index (χ1n) is 9.59. The van der Waals surface area contributed by atoms with Gasteiger partial charge in [-0.2, -0.15) is 0 Å². The number of morpholine rings is 1. The van der Waals surface area contributed by atoms with Gasteiger partial charge in [0.25, 0.3) is 5.91 Å². The van der Waals surface area contributed by atoms with Gasteiger partial charge in [-0.3, -0.25) is 4.79 Å². The van der Waals surface area contributed by atoms with E-state index in [1.54, 1.807) is 12.1 Å². The SMILES string of the molecule is CC(C)CCOc1ccc(C(=O)Nc2ccc(N3CCOCC3)cc2)cc1. The number of amides is 1. The molecule has 0 atom stereocenters. The molecule has 5 nitrogen and oxygen atoms in total. The van der Waals surface area contributed by atoms with Gasteiger partial charge >= 0.3 is 0 Å². The largest absolute Gasteiger partial charge is 0.494 e. The van der Waals surface area contributed by atoms with Crippen molar-refractivity contribution in [1.82, 2.24) is 0 Å². The molecule has 144 valence electrons. The lowest BCUT2D eigenvalue weighted by molar-refractivity contribution is 0.102. The van der Waals surface area contributed by atoms with Crippen molar-refractivity contribution in [3.8, 4) is 5.75 Å². The first kappa shape index (κ1) is 19.2. The molecule has 0 radical (unpaired) electrons. The van der Waals surface area contributed by atoms with E-state index >= 15 is 0 Å². The van der Waals surface area contributed by atoms with Gasteiger partial charge in [0.2, 0.25) is 0 Å². The standard InChI is InChI=1S/C22H28N2O3/c1-17(2)11-14-27-21-9-3-18(4-10-21)22(25)23-19-5-7-20(8-6-19)24-12-15-26-16-13-24/h3-10,17H,11-16H2,1-2H3,(H,23,25). The van der Waals surface area contributed by atoms with Crippen LogP contribution >= 0.6 is 0 Å². The molecule has 0 aromatic heterocycles. The average molecular weight is 368 g/mol. The fourth-order valence-electron chi connectivity index (χ4n) is 2.90. The van der Waals surface area contributed by atoms with Gasteiger partial charge in [0, 0.05) is 30.0 Å². The lowest BCUT2D eigenvalue weighted by atomic mass is 10.1. The molecule has 5 heteroatoms. The minimum atomic E-state index is -0.122. The van der Waals surface area contributed by atoms with E-state index in [-0.39, 0.29) is 5.91 Å². The third-order valence-electron chi connectivity index (χ3n) is 4.58. The summed E-state index contributed by atoms with van der Waals surface area (Å²) < 4.78 is 11.1. The van der Waals surface area contributed by atoms with Gasteiger partial charge in [0.05, 0.1) is 19.8 Å². The van der Waals surface area contributed by atoms with E-state index in [9.17, 15) is 4.79 Å². The maximum absolute atomic E-state index is 12.4. The Balaban J connectivity index is 1.53. The van der Waals surface area contributed by atoms with Crippen molar-refractivity contribution >= 4 is 17.3 Å². The van der Waals surface area contributed by atoms with E-state index < -0.39 is 0 Å². The summed E-state index contributed by atoms with van der Waals surface area (Å²) in [5.74, 6) is 1.29. The lowest BCUT2D eigenvalue weighted by Crippen LogP contribution is -2.36. The summed E-state index contributed by atoms with van der Waals surface area (Å²) in [7, 11) is 0. The predicted octanol–water partition coefficient (Wildman–Crippen LogP) is 4.20. The quantitative estimate of drug-likeness (QED) is 0.796. The highest BCUT2D eigenvalue weighted by atomic mass is 16.5. The molecule has 0 saturated carbocycles. The number of ether oxygens (including phenoxy) is 2. The Hall–Kier alpha value is -2.53. The molecule has 3 rings (SSSR count). The fourth-order valence-corrected chi connectivity index (χ4v) is 2.90. The second-order valence-electron chi connectivity index (χ2n) is 7.16. The molecule has 0 spiro atoms. The summed E-state index contributed by atoms with van der Waals surface area (Å²) in [6, 6.07) is 15.2. The van der Waals surface area contributed by atoms with Crippen LogP contribution in [0.15, 0.2) is 48.5 Å². The highest BCUT2D eigenvalue weighted by Crippen LogP contribution is 2.20. The number of benzene rings is 2. The number of carbonyl (C=O) groups excluding carboxylic acids is 1. The molecule has 0 aliphatic carbocycles. The summed E-state index contributed by atoms with van der Waals surface area (Å²) in [5.41, 5.74) is 2.55. The monoisotopic (exact) mass is 368 g/mol. The van der Waals surface area contributed by atoms with Gasteiger partial charge in [-0.15, -0.1) is 0 Å². The molecule has 1 aliphatic rings. The van der Waals surface area contributed by atoms with E-state index in [4.69, 9.17) is 9.47 Å². The Bertz CT molecular complexity index is 720. The second-order valence-corrected chi connectivity index (χ2v) is 7.16. The van der Waals surface area contributed by atoms with Crippen LogP contribution in [-0.2, 0) is 4.74 Å². The van der Waals surface area contributed by atoms with Gasteiger partial charge in [-0.25, -0.2) is 0 Å². The molecule has 1 N–H and O–H groups in total. The molecule has 1 aliphatic heterocycles. The first-order chi connectivity index (χ1) is 13.1. The number of hydrogen-bond acceptors (Lipinski definition) is 4. The maximum atomic E-state index is 12.4. The number of hydrogen-bond donors (Lipinski definition) is 1. The minimum absolute atomic E-state index is 0.122. The molecule has 1 saturated heterocycles. The van der Waals surface area contributed by atoms with Crippen LogP contribution in [0.25, 0.3) is 0 Å². The van der Waals surface area contributed by atoms with Gasteiger partial charge in [0.15, 0.2) is 0 Å². The Morgan fingerprint density at radius 2 is 1.74 bits per heavy atom. The van der Waals surface area contributed by atoms with Crippen LogP contribution in [0.3, 0.4) is 0 Å². The Morgan fingerprint density at radius 3 is 2.37 bits per heavy atom. The zero-order chi connectivity index (χ0) is 19.1. The third-order valence-corrected chi connectivity index (χ3v) is 4.58. The Morgan fingerprint density at radius 1 is 1.07 bits per heavy atom. The topological polar surface area (TPSA) is 50.8 Å². The molecule has 2 aromatic rings. The van der Waals surface area contributed by atoms with Gasteiger partial charge in [-0.05, 0) is 60.9 Å². The van der Waals surface area contributed by atoms with Crippen LogP contribution in [0.5, 0.6) is 5.75 Å². The number of nitrogens with zero attached hydrogens (tertiary/aromatic N) is 1. The van der Waals surface area contributed by atoms with Crippen LogP contribution in [0.2, 0.25) is 0 Å². The molecule has 0 bridgehead atoms. The molecule has 27 heavy (non-hydrogen) atoms. The van der Waals surface area contributed by atoms with Crippen LogP contribution in [0.4, 0.5) is 11.4 Å². The zero-order valence-electron chi connectivity index (χ0n) is 16.1. The second kappa shape index (κ2) is 9.42. The van der Waals surface area contributed by atoms with E-state index in [1.807, 2.05) is 36.4 Å². The van der Waals surface area contributed by atoms with E-state index in [0.29, 0.717) is 18.1 Å². The van der Waals surface area contributed by atoms with Gasteiger partial charge in [-0.1, -0.05) is 13.8 Å². The van der Waals surface area contributed by atoms with Crippen molar-refractivity contribution in [2.45, 2.75) is 20.3 Å². The molecular formula is C22H28N2O3. The van der Waals surface area contributed by atoms with Crippen molar-refractivity contribution in [1.29, 1.82) is 0 Å². The lowest BCUT2D eigenvalue weighted by Gasteiger charge is -2.28. The number of nitrogens with one attached hydrogen (secondary N) is 1. The average Bonchev–Trinajstić information content (AvgIpc) is 2.69. The highest BCUT2D eigenvalue weighted by Gasteiger charge is 2.11. The van der Waals surface area contributed by atoms with Crippen molar-refractivity contribution in [3.05, 3.63) is 54.1 Å². The van der Waals surface area contributed by atoms with Crippen LogP contribution in [-0.4, -0.2) is 38.8 Å². The third kappa shape index (κ3) is 5.73. The fraction of sp³-hybridized carbons (Fsp3) is 0.409. The van der Waals surface area contributed by atoms with Crippen molar-refractivity contribution in [2.75, 3.05) is 43.1 Å². The molecule has 1 heterocycles. The first-order valence-corrected chi connectivity index (χ1v) is 9.59. The van der Waals surface area contributed by atoms with Crippen LogP contribution in [0, 0.1) is 5.92 Å². The van der Waals surface area contributed by atoms with Gasteiger partial charge < -0.3 is 19.7 Å². The summed E-state index contributed by atoms with van der Waals surface area (Å²) in [6.45, 7) is 8.35. The van der Waals surface area contributed by atoms with Crippen LogP contribution in [0.1, 0.15) is 30.6 Å². The van der Waals surface area contributed by atoms with E-state index in [0.717, 1.165) is 49.8 Å². The number of rotatable bonds is 7. The van der Waals surface area contributed by atoms with E-state index in [2.05, 4.69) is 24.1 Å². The molecule has 2 aromatic carbocycles. The summed E-state index contributed by atoms with van der Waals surface area (Å²) in [5, 5.41) is 2.94. The van der Waals surface area contributed by atoms with E-state index in [1.165, 1.54) is 0 Å². The molecule has 1 amide bonds. The molecular weight excluding hydrogens is 340 g/mol. The summed E-state index contributed by atoms with van der Waals surface area (Å²) >= 11 is 0. The van der Waals surface area contributed by atoms with Crippen LogP contribution < -0.4 is 15.0 Å². The highest BCUT2D eigenvalue weighted by molar-refractivity contribution is 6.04. The molecule has 0 unspecified atom stereocenters. The smallest absolute Gasteiger partial charge is 0.255 e. The predicted molar refractivity (Wildman–Crippen MR) is 109 cm³/mol. The zero-order valence-corrected chi connectivity index (χ0v) is 16.1. The van der Waals surface area contributed by atoms with Crippen molar-refractivity contribution in [2.24, 2.45) is 5.92 Å². The minimum Gasteiger partial charge on any atom is -0.494 e. The number of carbonyl (C=O) groups is 1. The summed E-state index contributed by atoms with van der Waals surface area (Å²) in [4.78, 5) is 14.7. The Kier molecular flexibility index (Phi) is 6.71. The van der Waals surface area contributed by atoms with Gasteiger partial charge in [0.1, 0.15) is 5.75 Å². The van der Waals surface area contributed by atoms with Crippen molar-refractivity contribution in [3.63, 3.8) is 0 Å². The molecule has 1 fully saturated rings. The number of anilines is 2. The van der Waals surface area contributed by atoms with Crippen molar-refractivity contribution < 1.29 is 14.3 Å². The normalized spacial score (nSPS) is 14.3. The Labute approximate surface area is 161 Å². The maximum Gasteiger partial charge on any atom is 0.255 e. The summed E-state index contributed by atoms with van der Waals surface area (Å²) in [6.07, 6.45) is 1.02.